The predicted molar refractivity (Wildman–Crippen MR) is 182 cm³/mol. The first-order valence-corrected chi connectivity index (χ1v) is 16.8. The molecule has 0 spiro atoms. The van der Waals surface area contributed by atoms with Crippen LogP contribution in [0, 0.1) is 18.3 Å². The number of halogens is 1. The zero-order chi connectivity index (χ0) is 32.8. The van der Waals surface area contributed by atoms with Crippen LogP contribution in [0.5, 0.6) is 5.75 Å². The van der Waals surface area contributed by atoms with E-state index in [4.69, 9.17) is 16.3 Å². The zero-order valence-corrected chi connectivity index (χ0v) is 27.5. The molecule has 1 aliphatic carbocycles. The largest absolute Gasteiger partial charge is 0.491 e. The average Bonchev–Trinajstić information content (AvgIpc) is 3.83. The molecule has 1 aromatic carbocycles. The van der Waals surface area contributed by atoms with Crippen LogP contribution in [0.2, 0.25) is 5.02 Å². The number of carboxylic acids is 1. The highest BCUT2D eigenvalue weighted by molar-refractivity contribution is 7.18. The number of carboxylic acid groups (broad SMARTS) is 1. The third-order valence-corrected chi connectivity index (χ3v) is 10.5. The molecule has 0 atom stereocenters. The van der Waals surface area contributed by atoms with E-state index in [1.807, 2.05) is 7.05 Å². The van der Waals surface area contributed by atoms with Gasteiger partial charge in [-0.05, 0) is 56.9 Å². The molecule has 47 heavy (non-hydrogen) atoms. The standard InChI is InChI=1S/C34H32ClN7O4S/c1-19-39-27-17-38-32(40(2)21-8-11-41(12-9-21)22-4-5-22)25(16-36)29(27)33(43)42(19)13-14-46-28-6-3-20(35)15-24(28)23-7-10-37-30-26(34(44)45)18-47-31(23)30/h3,6-7,10,15,17-18,21-22H,4-5,8-9,11-14H2,1-2H3,(H,44,45). The minimum Gasteiger partial charge on any atom is -0.491 e. The van der Waals surface area contributed by atoms with E-state index >= 15 is 0 Å². The molecular weight excluding hydrogens is 638 g/mol. The Labute approximate surface area is 279 Å². The fourth-order valence-corrected chi connectivity index (χ4v) is 7.78. The molecular formula is C34H32ClN7O4S. The van der Waals surface area contributed by atoms with Gasteiger partial charge in [-0.25, -0.2) is 14.8 Å². The fourth-order valence-electron chi connectivity index (χ4n) is 6.58. The maximum Gasteiger partial charge on any atom is 0.338 e. The van der Waals surface area contributed by atoms with Crippen LogP contribution >= 0.6 is 22.9 Å². The number of carbonyl (C=O) groups is 1. The van der Waals surface area contributed by atoms with Crippen LogP contribution < -0.4 is 15.2 Å². The van der Waals surface area contributed by atoms with Gasteiger partial charge in [-0.15, -0.1) is 11.3 Å². The number of thiophene rings is 1. The van der Waals surface area contributed by atoms with Crippen molar-refractivity contribution in [3.63, 3.8) is 0 Å². The molecule has 240 valence electrons. The van der Waals surface area contributed by atoms with E-state index in [-0.39, 0.29) is 41.3 Å². The van der Waals surface area contributed by atoms with Crippen molar-refractivity contribution in [2.75, 3.05) is 31.6 Å². The van der Waals surface area contributed by atoms with E-state index in [0.29, 0.717) is 43.7 Å². The zero-order valence-electron chi connectivity index (χ0n) is 25.9. The SMILES string of the molecule is Cc1nc2cnc(N(C)C3CCN(C4CC4)CC3)c(C#N)c2c(=O)n1CCOc1ccc(Cl)cc1-c1ccnc2c(C(=O)O)csc12. The highest BCUT2D eigenvalue weighted by Gasteiger charge is 2.33. The van der Waals surface area contributed by atoms with E-state index < -0.39 is 5.97 Å². The average molecular weight is 670 g/mol. The number of nitrogens with zero attached hydrogens (tertiary/aromatic N) is 7. The van der Waals surface area contributed by atoms with Gasteiger partial charge in [-0.3, -0.25) is 14.3 Å². The minimum atomic E-state index is -1.04. The molecule has 0 amide bonds. The lowest BCUT2D eigenvalue weighted by atomic mass is 10.0. The number of fused-ring (bicyclic) bond motifs is 2. The van der Waals surface area contributed by atoms with Crippen molar-refractivity contribution in [1.29, 1.82) is 5.26 Å². The Morgan fingerprint density at radius 1 is 1.19 bits per heavy atom. The lowest BCUT2D eigenvalue weighted by molar-refractivity contribution is 0.0699. The predicted octanol–water partition coefficient (Wildman–Crippen LogP) is 5.74. The summed E-state index contributed by atoms with van der Waals surface area (Å²) in [5.74, 6) is 0.462. The van der Waals surface area contributed by atoms with Gasteiger partial charge >= 0.3 is 5.97 Å². The Balaban J connectivity index is 1.16. The number of likely N-dealkylation sites (tertiary alicyclic amines) is 1. The molecule has 1 aliphatic heterocycles. The molecule has 13 heteroatoms. The molecule has 0 bridgehead atoms. The Morgan fingerprint density at radius 2 is 1.98 bits per heavy atom. The van der Waals surface area contributed by atoms with E-state index in [0.717, 1.165) is 37.5 Å². The number of hydrogen-bond acceptors (Lipinski definition) is 10. The first-order chi connectivity index (χ1) is 22.7. The number of benzene rings is 1. The maximum atomic E-state index is 14.0. The molecule has 7 rings (SSSR count). The van der Waals surface area contributed by atoms with Gasteiger partial charge in [0.25, 0.3) is 5.56 Å². The van der Waals surface area contributed by atoms with Crippen LogP contribution in [0.25, 0.3) is 32.2 Å². The lowest BCUT2D eigenvalue weighted by Crippen LogP contribution is -2.44. The van der Waals surface area contributed by atoms with Crippen molar-refractivity contribution in [1.82, 2.24) is 24.4 Å². The number of nitriles is 1. The second kappa shape index (κ2) is 12.6. The second-order valence-electron chi connectivity index (χ2n) is 12.0. The van der Waals surface area contributed by atoms with Gasteiger partial charge in [-0.2, -0.15) is 5.26 Å². The van der Waals surface area contributed by atoms with E-state index in [1.165, 1.54) is 28.7 Å². The lowest BCUT2D eigenvalue weighted by Gasteiger charge is -2.37. The highest BCUT2D eigenvalue weighted by Crippen LogP contribution is 2.40. The van der Waals surface area contributed by atoms with Crippen molar-refractivity contribution in [3.05, 3.63) is 74.4 Å². The number of aromatic carboxylic acids is 1. The number of ether oxygens (including phenoxy) is 1. The molecule has 1 saturated carbocycles. The van der Waals surface area contributed by atoms with E-state index in [2.05, 4.69) is 30.8 Å². The van der Waals surface area contributed by atoms with Crippen molar-refractivity contribution < 1.29 is 14.6 Å². The molecule has 5 heterocycles. The number of hydrogen-bond donors (Lipinski definition) is 1. The van der Waals surface area contributed by atoms with Crippen molar-refractivity contribution >= 4 is 55.8 Å². The summed E-state index contributed by atoms with van der Waals surface area (Å²) in [5.41, 5.74) is 2.26. The summed E-state index contributed by atoms with van der Waals surface area (Å²) in [6, 6.07) is 10.3. The fraction of sp³-hybridized carbons (Fsp3) is 0.353. The Kier molecular flexibility index (Phi) is 8.30. The van der Waals surface area contributed by atoms with Crippen molar-refractivity contribution in [2.24, 2.45) is 0 Å². The van der Waals surface area contributed by atoms with Crippen LogP contribution in [-0.2, 0) is 6.54 Å². The Hall–Kier alpha value is -4.57. The molecule has 0 unspecified atom stereocenters. The third-order valence-electron chi connectivity index (χ3n) is 9.22. The highest BCUT2D eigenvalue weighted by atomic mass is 35.5. The van der Waals surface area contributed by atoms with Crippen molar-refractivity contribution in [2.45, 2.75) is 51.2 Å². The molecule has 11 nitrogen and oxygen atoms in total. The summed E-state index contributed by atoms with van der Waals surface area (Å²) >= 11 is 7.67. The van der Waals surface area contributed by atoms with Gasteiger partial charge in [0.15, 0.2) is 0 Å². The molecule has 5 aromatic rings. The monoisotopic (exact) mass is 669 g/mol. The number of aryl methyl sites for hydroxylation is 1. The summed E-state index contributed by atoms with van der Waals surface area (Å²) in [6.07, 6.45) is 7.69. The van der Waals surface area contributed by atoms with Crippen LogP contribution in [0.3, 0.4) is 0 Å². The number of anilines is 1. The normalized spacial score (nSPS) is 15.6. The van der Waals surface area contributed by atoms with Gasteiger partial charge in [-0.1, -0.05) is 11.6 Å². The molecule has 4 aromatic heterocycles. The van der Waals surface area contributed by atoms with Crippen molar-refractivity contribution in [3.8, 4) is 22.9 Å². The number of aromatic nitrogens is 4. The summed E-state index contributed by atoms with van der Waals surface area (Å²) < 4.78 is 8.47. The van der Waals surface area contributed by atoms with Gasteiger partial charge in [0, 0.05) is 59.9 Å². The number of rotatable bonds is 9. The van der Waals surface area contributed by atoms with Gasteiger partial charge in [0.1, 0.15) is 35.6 Å². The Morgan fingerprint density at radius 3 is 2.70 bits per heavy atom. The van der Waals surface area contributed by atoms with E-state index in [1.54, 1.807) is 49.0 Å². The minimum absolute atomic E-state index is 0.126. The molecule has 2 aliphatic rings. The first kappa shape index (κ1) is 31.1. The second-order valence-corrected chi connectivity index (χ2v) is 13.3. The topological polar surface area (TPSA) is 137 Å². The molecule has 0 radical (unpaired) electrons. The smallest absolute Gasteiger partial charge is 0.338 e. The molecule has 1 N–H and O–H groups in total. The van der Waals surface area contributed by atoms with Crippen LogP contribution in [0.4, 0.5) is 5.82 Å². The molecule has 1 saturated heterocycles. The number of piperidine rings is 1. The van der Waals surface area contributed by atoms with Gasteiger partial charge < -0.3 is 19.6 Å². The summed E-state index contributed by atoms with van der Waals surface area (Å²) in [7, 11) is 1.96. The summed E-state index contributed by atoms with van der Waals surface area (Å²) in [5, 5.41) is 22.2. The van der Waals surface area contributed by atoms with E-state index in [9.17, 15) is 20.0 Å². The third kappa shape index (κ3) is 5.79. The van der Waals surface area contributed by atoms with Gasteiger partial charge in [0.2, 0.25) is 0 Å². The summed E-state index contributed by atoms with van der Waals surface area (Å²) in [4.78, 5) is 43.9. The Bertz CT molecular complexity index is 2130. The first-order valence-electron chi connectivity index (χ1n) is 15.5. The number of pyridine rings is 2. The van der Waals surface area contributed by atoms with Crippen LogP contribution in [0.15, 0.2) is 46.8 Å². The van der Waals surface area contributed by atoms with Gasteiger partial charge in [0.05, 0.1) is 39.4 Å². The van der Waals surface area contributed by atoms with Crippen LogP contribution in [-0.4, -0.2) is 74.3 Å². The van der Waals surface area contributed by atoms with Crippen LogP contribution in [0.1, 0.15) is 47.4 Å². The molecule has 2 fully saturated rings. The quantitative estimate of drug-likeness (QED) is 0.207. The summed E-state index contributed by atoms with van der Waals surface area (Å²) in [6.45, 7) is 4.11. The maximum absolute atomic E-state index is 14.0.